The predicted octanol–water partition coefficient (Wildman–Crippen LogP) is 4.50. The number of hydrogen-bond acceptors (Lipinski definition) is 6. The minimum absolute atomic E-state index is 0.00143. The average Bonchev–Trinajstić information content (AvgIpc) is 2.88. The molecule has 8 nitrogen and oxygen atoms in total. The summed E-state index contributed by atoms with van der Waals surface area (Å²) in [7, 11) is -2.21. The summed E-state index contributed by atoms with van der Waals surface area (Å²) >= 11 is 0. The number of hydrogen-bond donors (Lipinski definition) is 1. The lowest BCUT2D eigenvalue weighted by Crippen LogP contribution is -2.69. The summed E-state index contributed by atoms with van der Waals surface area (Å²) in [4.78, 5) is 15.6. The van der Waals surface area contributed by atoms with E-state index in [4.69, 9.17) is 9.84 Å². The lowest BCUT2D eigenvalue weighted by molar-refractivity contribution is -0.134. The zero-order valence-electron chi connectivity index (χ0n) is 21.1. The van der Waals surface area contributed by atoms with Crippen molar-refractivity contribution in [1.82, 2.24) is 4.31 Å². The van der Waals surface area contributed by atoms with Crippen LogP contribution in [0.3, 0.4) is 0 Å². The minimum Gasteiger partial charge on any atom is -0.476 e. The van der Waals surface area contributed by atoms with Gasteiger partial charge in [-0.25, -0.2) is 13.2 Å². The molecule has 0 unspecified atom stereocenters. The Labute approximate surface area is 212 Å². The summed E-state index contributed by atoms with van der Waals surface area (Å²) in [5.41, 5.74) is 1.38. The number of aliphatic carboxylic acids is 1. The van der Waals surface area contributed by atoms with Crippen LogP contribution >= 0.6 is 0 Å². The molecule has 0 amide bonds. The highest BCUT2D eigenvalue weighted by atomic mass is 32.2. The van der Waals surface area contributed by atoms with Gasteiger partial charge in [-0.2, -0.15) is 8.70 Å². The molecular weight excluding hydrogens is 485 g/mol. The largest absolute Gasteiger partial charge is 0.476 e. The van der Waals surface area contributed by atoms with Crippen LogP contribution in [0.2, 0.25) is 0 Å². The van der Waals surface area contributed by atoms with E-state index in [1.54, 1.807) is 7.05 Å². The first-order valence-electron chi connectivity index (χ1n) is 13.1. The highest BCUT2D eigenvalue weighted by Crippen LogP contribution is 2.62. The summed E-state index contributed by atoms with van der Waals surface area (Å²) < 4.78 is 48.7. The van der Waals surface area contributed by atoms with Crippen molar-refractivity contribution in [3.05, 3.63) is 24.2 Å². The van der Waals surface area contributed by atoms with E-state index < -0.39 is 21.8 Å². The van der Waals surface area contributed by atoms with Crippen LogP contribution in [-0.4, -0.2) is 62.1 Å². The Morgan fingerprint density at radius 2 is 1.89 bits per heavy atom. The second kappa shape index (κ2) is 9.52. The molecule has 2 heterocycles. The van der Waals surface area contributed by atoms with Crippen LogP contribution in [0.4, 0.5) is 15.8 Å². The van der Waals surface area contributed by atoms with Gasteiger partial charge in [-0.05, 0) is 56.9 Å². The summed E-state index contributed by atoms with van der Waals surface area (Å²) in [6.07, 6.45) is 9.61. The van der Waals surface area contributed by atoms with Crippen LogP contribution < -0.4 is 14.5 Å². The van der Waals surface area contributed by atoms with E-state index in [-0.39, 0.29) is 22.2 Å². The third-order valence-electron chi connectivity index (χ3n) is 8.56. The van der Waals surface area contributed by atoms with Crippen LogP contribution in [0, 0.1) is 5.92 Å². The van der Waals surface area contributed by atoms with Crippen molar-refractivity contribution in [1.29, 1.82) is 0 Å². The topological polar surface area (TPSA) is 90.4 Å². The first kappa shape index (κ1) is 25.3. The number of halogens is 1. The number of fused-ring (bicyclic) bond motifs is 1. The SMILES string of the molecule is CCCC[C@@H]1CN(C23CC(C2)C3)c2cc(N3CCCCC3)c(O/C=C(\F)C(=O)O)cc2S(=O)(=O)N1C. The zero-order valence-corrected chi connectivity index (χ0v) is 21.9. The molecule has 6 rings (SSSR count). The molecular formula is C26H36FN3O5S. The average molecular weight is 522 g/mol. The maximum absolute atomic E-state index is 13.9. The van der Waals surface area contributed by atoms with Crippen molar-refractivity contribution in [3.63, 3.8) is 0 Å². The summed E-state index contributed by atoms with van der Waals surface area (Å²) in [6, 6.07) is 3.23. The number of nitrogens with zero attached hydrogens (tertiary/aromatic N) is 3. The second-order valence-electron chi connectivity index (χ2n) is 10.9. The monoisotopic (exact) mass is 521 g/mol. The van der Waals surface area contributed by atoms with Crippen molar-refractivity contribution in [2.75, 3.05) is 36.5 Å². The van der Waals surface area contributed by atoms with Gasteiger partial charge < -0.3 is 19.6 Å². The molecule has 2 aliphatic heterocycles. The number of rotatable bonds is 8. The van der Waals surface area contributed by atoms with Crippen molar-refractivity contribution < 1.29 is 27.4 Å². The fraction of sp³-hybridized carbons (Fsp3) is 0.654. The van der Waals surface area contributed by atoms with Crippen LogP contribution in [0.5, 0.6) is 5.75 Å². The molecule has 1 aromatic carbocycles. The first-order valence-corrected chi connectivity index (χ1v) is 14.5. The molecule has 3 saturated carbocycles. The van der Waals surface area contributed by atoms with Gasteiger partial charge in [-0.1, -0.05) is 19.8 Å². The third kappa shape index (κ3) is 4.26. The molecule has 1 saturated heterocycles. The molecule has 1 aromatic rings. The number of piperidine rings is 1. The van der Waals surface area contributed by atoms with Gasteiger partial charge in [0.05, 0.1) is 11.4 Å². The Balaban J connectivity index is 1.65. The maximum atomic E-state index is 13.9. The van der Waals surface area contributed by atoms with Crippen LogP contribution in [-0.2, 0) is 14.8 Å². The number of carboxylic acid groups (broad SMARTS) is 1. The highest BCUT2D eigenvalue weighted by molar-refractivity contribution is 7.89. The molecule has 4 fully saturated rings. The summed E-state index contributed by atoms with van der Waals surface area (Å²) in [5.74, 6) is -2.28. The maximum Gasteiger partial charge on any atom is 0.368 e. The Bertz CT molecular complexity index is 1150. The molecule has 36 heavy (non-hydrogen) atoms. The van der Waals surface area contributed by atoms with Crippen molar-refractivity contribution in [3.8, 4) is 5.75 Å². The number of carboxylic acids is 1. The van der Waals surface area contributed by atoms with Gasteiger partial charge in [-0.3, -0.25) is 0 Å². The van der Waals surface area contributed by atoms with Crippen molar-refractivity contribution >= 4 is 27.4 Å². The third-order valence-corrected chi connectivity index (χ3v) is 10.5. The van der Waals surface area contributed by atoms with E-state index in [0.29, 0.717) is 24.2 Å². The Hall–Kier alpha value is -2.33. The number of likely N-dealkylation sites (N-methyl/N-ethyl adjacent to an activating group) is 1. The van der Waals surface area contributed by atoms with Crippen molar-refractivity contribution in [2.24, 2.45) is 5.92 Å². The van der Waals surface area contributed by atoms with E-state index in [2.05, 4.69) is 16.7 Å². The number of benzene rings is 1. The number of ether oxygens (including phenoxy) is 1. The van der Waals surface area contributed by atoms with Gasteiger partial charge in [0.1, 0.15) is 11.2 Å². The molecule has 5 aliphatic rings. The number of carbonyl (C=O) groups is 1. The zero-order chi connectivity index (χ0) is 25.7. The van der Waals surface area contributed by atoms with Crippen LogP contribution in [0.15, 0.2) is 29.1 Å². The molecule has 2 bridgehead atoms. The van der Waals surface area contributed by atoms with Gasteiger partial charge in [0.2, 0.25) is 15.9 Å². The number of sulfonamides is 1. The molecule has 0 aromatic heterocycles. The smallest absolute Gasteiger partial charge is 0.368 e. The van der Waals surface area contributed by atoms with E-state index in [1.807, 2.05) is 6.07 Å². The van der Waals surface area contributed by atoms with Gasteiger partial charge in [0.15, 0.2) is 5.75 Å². The normalized spacial score (nSPS) is 29.6. The van der Waals surface area contributed by atoms with Crippen molar-refractivity contribution in [2.45, 2.75) is 81.2 Å². The fourth-order valence-corrected chi connectivity index (χ4v) is 7.86. The number of anilines is 2. The fourth-order valence-electron chi connectivity index (χ4n) is 6.30. The Morgan fingerprint density at radius 1 is 1.19 bits per heavy atom. The van der Waals surface area contributed by atoms with E-state index in [1.165, 1.54) is 10.4 Å². The van der Waals surface area contributed by atoms with Gasteiger partial charge in [-0.15, -0.1) is 0 Å². The molecule has 3 aliphatic carbocycles. The van der Waals surface area contributed by atoms with E-state index >= 15 is 0 Å². The molecule has 1 atom stereocenters. The van der Waals surface area contributed by atoms with Crippen LogP contribution in [0.1, 0.15) is 64.7 Å². The Morgan fingerprint density at radius 3 is 2.47 bits per heavy atom. The highest BCUT2D eigenvalue weighted by Gasteiger charge is 2.61. The van der Waals surface area contributed by atoms with Gasteiger partial charge >= 0.3 is 5.97 Å². The molecule has 10 heteroatoms. The Kier molecular flexibility index (Phi) is 6.70. The number of unbranched alkanes of at least 4 members (excludes halogenated alkanes) is 1. The quantitative estimate of drug-likeness (QED) is 0.398. The lowest BCUT2D eigenvalue weighted by Gasteiger charge is -2.67. The molecule has 1 N–H and O–H groups in total. The molecule has 0 spiro atoms. The molecule has 198 valence electrons. The van der Waals surface area contributed by atoms with Gasteiger partial charge in [0, 0.05) is 44.3 Å². The van der Waals surface area contributed by atoms with E-state index in [9.17, 15) is 17.6 Å². The molecule has 0 radical (unpaired) electrons. The van der Waals surface area contributed by atoms with E-state index in [0.717, 1.165) is 76.8 Å². The minimum atomic E-state index is -3.86. The second-order valence-corrected chi connectivity index (χ2v) is 12.8. The van der Waals surface area contributed by atoms with Crippen LogP contribution in [0.25, 0.3) is 0 Å². The van der Waals surface area contributed by atoms with Gasteiger partial charge in [0.25, 0.3) is 0 Å². The summed E-state index contributed by atoms with van der Waals surface area (Å²) in [6.45, 7) is 4.30. The first-order chi connectivity index (χ1) is 17.2. The summed E-state index contributed by atoms with van der Waals surface area (Å²) in [5, 5.41) is 8.94. The lowest BCUT2D eigenvalue weighted by atomic mass is 9.49. The standard InChI is InChI=1S/C26H36FN3O5S/c1-3-4-8-19-16-30(26-13-18(14-26)15-26)22-11-21(29-9-6-5-7-10-29)23(35-17-20(27)25(31)32)12-24(22)36(33,34)28(19)2/h11-12,17-19H,3-10,13-16H2,1-2H3,(H,31,32)/b20-17-/t18?,19-,26?/m1/s1. The predicted molar refractivity (Wildman–Crippen MR) is 136 cm³/mol.